The van der Waals surface area contributed by atoms with E-state index in [0.29, 0.717) is 6.42 Å². The van der Waals surface area contributed by atoms with Gasteiger partial charge in [0, 0.05) is 19.1 Å². The largest absolute Gasteiger partial charge is 0.480 e. The third-order valence-electron chi connectivity index (χ3n) is 3.47. The van der Waals surface area contributed by atoms with Crippen LogP contribution >= 0.6 is 0 Å². The van der Waals surface area contributed by atoms with E-state index in [1.807, 2.05) is 0 Å². The van der Waals surface area contributed by atoms with Gasteiger partial charge in [-0.25, -0.2) is 9.59 Å². The molecule has 3 N–H and O–H groups in total. The first-order chi connectivity index (χ1) is 9.06. The molecule has 110 valence electrons. The number of piperidine rings is 1. The van der Waals surface area contributed by atoms with Crippen molar-refractivity contribution in [3.8, 4) is 0 Å². The Morgan fingerprint density at radius 3 is 2.42 bits per heavy atom. The highest BCUT2D eigenvalue weighted by atomic mass is 16.4. The third kappa shape index (κ3) is 5.46. The maximum atomic E-state index is 11.7. The van der Waals surface area contributed by atoms with Crippen molar-refractivity contribution in [1.82, 2.24) is 15.5 Å². The third-order valence-corrected chi connectivity index (χ3v) is 3.47. The molecule has 2 amide bonds. The number of rotatable bonds is 6. The van der Waals surface area contributed by atoms with Crippen LogP contribution in [0.2, 0.25) is 0 Å². The molecule has 1 aliphatic rings. The van der Waals surface area contributed by atoms with Gasteiger partial charge in [0.05, 0.1) is 0 Å². The van der Waals surface area contributed by atoms with Crippen molar-refractivity contribution in [3.63, 3.8) is 0 Å². The van der Waals surface area contributed by atoms with Crippen molar-refractivity contribution < 1.29 is 14.7 Å². The summed E-state index contributed by atoms with van der Waals surface area (Å²) in [6.07, 6.45) is 3.39. The van der Waals surface area contributed by atoms with E-state index in [-0.39, 0.29) is 12.1 Å². The first kappa shape index (κ1) is 15.8. The highest BCUT2D eigenvalue weighted by molar-refractivity contribution is 5.82. The predicted molar refractivity (Wildman–Crippen MR) is 73.1 cm³/mol. The number of nitrogens with one attached hydrogen (secondary N) is 2. The average Bonchev–Trinajstić information content (AvgIpc) is 2.38. The molecule has 0 radical (unpaired) electrons. The zero-order valence-corrected chi connectivity index (χ0v) is 11.8. The van der Waals surface area contributed by atoms with Crippen molar-refractivity contribution in [2.75, 3.05) is 19.6 Å². The van der Waals surface area contributed by atoms with Crippen LogP contribution in [-0.2, 0) is 4.79 Å². The molecule has 0 aromatic heterocycles. The van der Waals surface area contributed by atoms with Gasteiger partial charge in [0.1, 0.15) is 6.04 Å². The van der Waals surface area contributed by atoms with Crippen LogP contribution in [0.3, 0.4) is 0 Å². The molecule has 0 bridgehead atoms. The summed E-state index contributed by atoms with van der Waals surface area (Å²) in [5.74, 6) is -0.990. The normalized spacial score (nSPS) is 18.8. The van der Waals surface area contributed by atoms with Gasteiger partial charge in [0.25, 0.3) is 0 Å². The number of urea groups is 1. The van der Waals surface area contributed by atoms with Gasteiger partial charge >= 0.3 is 12.0 Å². The summed E-state index contributed by atoms with van der Waals surface area (Å²) in [7, 11) is 0. The monoisotopic (exact) mass is 271 g/mol. The van der Waals surface area contributed by atoms with Crippen LogP contribution in [0.5, 0.6) is 0 Å². The second-order valence-electron chi connectivity index (χ2n) is 5.03. The maximum absolute atomic E-state index is 11.7. The van der Waals surface area contributed by atoms with E-state index in [1.54, 1.807) is 6.92 Å². The van der Waals surface area contributed by atoms with Gasteiger partial charge in [-0.2, -0.15) is 0 Å². The molecule has 0 spiro atoms. The van der Waals surface area contributed by atoms with Crippen molar-refractivity contribution in [1.29, 1.82) is 0 Å². The quantitative estimate of drug-likeness (QED) is 0.674. The number of hydrogen-bond donors (Lipinski definition) is 3. The summed E-state index contributed by atoms with van der Waals surface area (Å²) in [5, 5.41) is 14.2. The molecule has 1 rings (SSSR count). The maximum Gasteiger partial charge on any atom is 0.326 e. The highest BCUT2D eigenvalue weighted by Gasteiger charge is 2.22. The van der Waals surface area contributed by atoms with E-state index < -0.39 is 12.0 Å². The number of likely N-dealkylation sites (tertiary alicyclic amines) is 1. The molecule has 1 saturated heterocycles. The van der Waals surface area contributed by atoms with Crippen LogP contribution in [0, 0.1) is 0 Å². The number of aliphatic carboxylic acids is 1. The molecule has 0 unspecified atom stereocenters. The summed E-state index contributed by atoms with van der Waals surface area (Å²) < 4.78 is 0. The van der Waals surface area contributed by atoms with E-state index >= 15 is 0 Å². The molecule has 0 aromatic carbocycles. The lowest BCUT2D eigenvalue weighted by molar-refractivity contribution is -0.139. The summed E-state index contributed by atoms with van der Waals surface area (Å²) in [6.45, 7) is 7.00. The SMILES string of the molecule is CCCN1CCC(NC(=O)N[C@H](CC)C(=O)O)CC1. The van der Waals surface area contributed by atoms with Crippen molar-refractivity contribution >= 4 is 12.0 Å². The molecule has 1 heterocycles. The average molecular weight is 271 g/mol. The van der Waals surface area contributed by atoms with Gasteiger partial charge in [-0.1, -0.05) is 13.8 Å². The predicted octanol–water partition coefficient (Wildman–Crippen LogP) is 1.02. The number of hydrogen-bond acceptors (Lipinski definition) is 3. The fraction of sp³-hybridized carbons (Fsp3) is 0.846. The number of carboxylic acid groups (broad SMARTS) is 1. The van der Waals surface area contributed by atoms with Crippen LogP contribution in [0.15, 0.2) is 0 Å². The van der Waals surface area contributed by atoms with Gasteiger partial charge in [-0.05, 0) is 32.2 Å². The molecular weight excluding hydrogens is 246 g/mol. The Morgan fingerprint density at radius 1 is 1.32 bits per heavy atom. The summed E-state index contributed by atoms with van der Waals surface area (Å²) in [6, 6.07) is -1.03. The minimum atomic E-state index is -0.990. The molecule has 0 aromatic rings. The van der Waals surface area contributed by atoms with E-state index in [2.05, 4.69) is 22.5 Å². The fourth-order valence-electron chi connectivity index (χ4n) is 2.34. The Morgan fingerprint density at radius 2 is 1.95 bits per heavy atom. The van der Waals surface area contributed by atoms with Gasteiger partial charge < -0.3 is 20.6 Å². The van der Waals surface area contributed by atoms with Crippen LogP contribution in [-0.4, -0.2) is 53.7 Å². The van der Waals surface area contributed by atoms with Gasteiger partial charge in [-0.3, -0.25) is 0 Å². The minimum absolute atomic E-state index is 0.152. The van der Waals surface area contributed by atoms with Gasteiger partial charge in [0.15, 0.2) is 0 Å². The number of carboxylic acids is 1. The molecule has 6 heteroatoms. The number of carbonyl (C=O) groups excluding carboxylic acids is 1. The van der Waals surface area contributed by atoms with Crippen LogP contribution in [0.25, 0.3) is 0 Å². The van der Waals surface area contributed by atoms with Crippen LogP contribution in [0.1, 0.15) is 39.5 Å². The molecule has 19 heavy (non-hydrogen) atoms. The Balaban J connectivity index is 2.28. The molecular formula is C13H25N3O3. The summed E-state index contributed by atoms with van der Waals surface area (Å²) in [5.41, 5.74) is 0. The van der Waals surface area contributed by atoms with E-state index in [0.717, 1.165) is 38.9 Å². The van der Waals surface area contributed by atoms with Gasteiger partial charge in [0.2, 0.25) is 0 Å². The number of nitrogens with zero attached hydrogens (tertiary/aromatic N) is 1. The van der Waals surface area contributed by atoms with Crippen molar-refractivity contribution in [2.45, 2.75) is 51.6 Å². The van der Waals surface area contributed by atoms with Crippen molar-refractivity contribution in [2.24, 2.45) is 0 Å². The lowest BCUT2D eigenvalue weighted by atomic mass is 10.1. The van der Waals surface area contributed by atoms with Crippen molar-refractivity contribution in [3.05, 3.63) is 0 Å². The number of amides is 2. The highest BCUT2D eigenvalue weighted by Crippen LogP contribution is 2.10. The molecule has 6 nitrogen and oxygen atoms in total. The van der Waals surface area contributed by atoms with Crippen LogP contribution < -0.4 is 10.6 Å². The number of carbonyl (C=O) groups is 2. The second-order valence-corrected chi connectivity index (χ2v) is 5.03. The Kier molecular flexibility index (Phi) is 6.62. The first-order valence-corrected chi connectivity index (χ1v) is 7.09. The molecule has 0 aliphatic carbocycles. The zero-order valence-electron chi connectivity index (χ0n) is 11.8. The molecule has 0 saturated carbocycles. The van der Waals surface area contributed by atoms with E-state index in [9.17, 15) is 9.59 Å². The topological polar surface area (TPSA) is 81.7 Å². The summed E-state index contributed by atoms with van der Waals surface area (Å²) >= 11 is 0. The smallest absolute Gasteiger partial charge is 0.326 e. The van der Waals surface area contributed by atoms with Gasteiger partial charge in [-0.15, -0.1) is 0 Å². The standard InChI is InChI=1S/C13H25N3O3/c1-3-7-16-8-5-10(6-9-16)14-13(19)15-11(4-2)12(17)18/h10-11H,3-9H2,1-2H3,(H,17,18)(H2,14,15,19)/t11-/m1/s1. The summed E-state index contributed by atoms with van der Waals surface area (Å²) in [4.78, 5) is 24.9. The lowest BCUT2D eigenvalue weighted by Gasteiger charge is -2.32. The van der Waals surface area contributed by atoms with E-state index in [4.69, 9.17) is 5.11 Å². The molecule has 1 aliphatic heterocycles. The fourth-order valence-corrected chi connectivity index (χ4v) is 2.34. The lowest BCUT2D eigenvalue weighted by Crippen LogP contribution is -2.51. The minimum Gasteiger partial charge on any atom is -0.480 e. The van der Waals surface area contributed by atoms with E-state index in [1.165, 1.54) is 0 Å². The Labute approximate surface area is 114 Å². The zero-order chi connectivity index (χ0) is 14.3. The Hall–Kier alpha value is -1.30. The molecule has 1 atom stereocenters. The first-order valence-electron chi connectivity index (χ1n) is 7.09. The second kappa shape index (κ2) is 7.99. The Bertz CT molecular complexity index is 302. The molecule has 1 fully saturated rings. The van der Waals surface area contributed by atoms with Crippen LogP contribution in [0.4, 0.5) is 4.79 Å².